The third kappa shape index (κ3) is 2.72. The molecule has 1 unspecified atom stereocenters. The first-order valence-corrected chi connectivity index (χ1v) is 9.81. The summed E-state index contributed by atoms with van der Waals surface area (Å²) in [6.07, 6.45) is 3.38. The number of benzene rings is 1. The summed E-state index contributed by atoms with van der Waals surface area (Å²) in [6, 6.07) is 6.43. The highest BCUT2D eigenvalue weighted by atomic mass is 16.2. The van der Waals surface area contributed by atoms with E-state index in [2.05, 4.69) is 38.8 Å². The number of hydrogen-bond acceptors (Lipinski definition) is 5. The number of imide groups is 1. The van der Waals surface area contributed by atoms with E-state index in [0.29, 0.717) is 18.3 Å². The first-order chi connectivity index (χ1) is 13.0. The summed E-state index contributed by atoms with van der Waals surface area (Å²) in [7, 11) is 1.92. The standard InChI is InChI=1S/C20H25N5O2/c1-24-16-10-13(25-8-6-20(7-9-25)11-21-12-20)2-3-14(16)18(23-24)15-4-5-17(26)22-19(15)27/h2-3,10,15,21H,4-9,11-12H2,1H3,(H,22,26,27). The topological polar surface area (TPSA) is 79.3 Å². The molecule has 2 amide bonds. The van der Waals surface area contributed by atoms with E-state index in [1.165, 1.54) is 18.5 Å². The number of piperidine rings is 2. The molecule has 7 heteroatoms. The van der Waals surface area contributed by atoms with Gasteiger partial charge in [0.05, 0.1) is 17.1 Å². The van der Waals surface area contributed by atoms with E-state index < -0.39 is 0 Å². The smallest absolute Gasteiger partial charge is 0.235 e. The van der Waals surface area contributed by atoms with Gasteiger partial charge in [0.1, 0.15) is 0 Å². The van der Waals surface area contributed by atoms with Crippen LogP contribution in [0.3, 0.4) is 0 Å². The number of nitrogens with one attached hydrogen (secondary N) is 2. The van der Waals surface area contributed by atoms with Crippen molar-refractivity contribution in [3.05, 3.63) is 23.9 Å². The summed E-state index contributed by atoms with van der Waals surface area (Å²) in [4.78, 5) is 26.2. The molecule has 2 N–H and O–H groups in total. The lowest BCUT2D eigenvalue weighted by molar-refractivity contribution is -0.134. The van der Waals surface area contributed by atoms with Crippen molar-refractivity contribution >= 4 is 28.4 Å². The Labute approximate surface area is 158 Å². The van der Waals surface area contributed by atoms with Crippen LogP contribution in [0.15, 0.2) is 18.2 Å². The molecule has 0 saturated carbocycles. The number of anilines is 1. The third-order valence-electron chi connectivity index (χ3n) is 6.62. The summed E-state index contributed by atoms with van der Waals surface area (Å²) in [5.74, 6) is -0.771. The van der Waals surface area contributed by atoms with E-state index in [1.807, 2.05) is 11.7 Å². The second-order valence-electron chi connectivity index (χ2n) is 8.30. The monoisotopic (exact) mass is 367 g/mol. The van der Waals surface area contributed by atoms with Crippen LogP contribution in [-0.2, 0) is 16.6 Å². The third-order valence-corrected chi connectivity index (χ3v) is 6.62. The molecule has 3 aliphatic heterocycles. The number of carbonyl (C=O) groups excluding carboxylic acids is 2. The number of nitrogens with zero attached hydrogens (tertiary/aromatic N) is 3. The van der Waals surface area contributed by atoms with Crippen molar-refractivity contribution in [2.75, 3.05) is 31.1 Å². The SMILES string of the molecule is Cn1nc(C2CCC(=O)NC2=O)c2ccc(N3CCC4(CC3)CNC4)cc21. The van der Waals surface area contributed by atoms with Crippen LogP contribution in [0.25, 0.3) is 10.9 Å². The Bertz CT molecular complexity index is 920. The molecular weight excluding hydrogens is 342 g/mol. The van der Waals surface area contributed by atoms with Crippen molar-refractivity contribution in [3.63, 3.8) is 0 Å². The number of rotatable bonds is 2. The van der Waals surface area contributed by atoms with E-state index >= 15 is 0 Å². The minimum Gasteiger partial charge on any atom is -0.371 e. The predicted octanol–water partition coefficient (Wildman–Crippen LogP) is 1.28. The van der Waals surface area contributed by atoms with Crippen LogP contribution in [0.1, 0.15) is 37.3 Å². The Kier molecular flexibility index (Phi) is 3.75. The van der Waals surface area contributed by atoms with E-state index in [-0.39, 0.29) is 17.7 Å². The van der Waals surface area contributed by atoms with Crippen molar-refractivity contribution in [1.82, 2.24) is 20.4 Å². The van der Waals surface area contributed by atoms with Crippen LogP contribution < -0.4 is 15.5 Å². The molecule has 2 aromatic rings. The number of aryl methyl sites for hydroxylation is 1. The minimum absolute atomic E-state index is 0.191. The van der Waals surface area contributed by atoms with Gasteiger partial charge in [-0.15, -0.1) is 0 Å². The largest absolute Gasteiger partial charge is 0.371 e. The molecule has 0 aliphatic carbocycles. The molecule has 1 aromatic heterocycles. The van der Waals surface area contributed by atoms with Gasteiger partial charge in [-0.1, -0.05) is 0 Å². The Morgan fingerprint density at radius 1 is 1.19 bits per heavy atom. The molecule has 3 fully saturated rings. The number of carbonyl (C=O) groups is 2. The van der Waals surface area contributed by atoms with Gasteiger partial charge in [0.25, 0.3) is 0 Å². The first kappa shape index (κ1) is 16.7. The van der Waals surface area contributed by atoms with Crippen LogP contribution >= 0.6 is 0 Å². The van der Waals surface area contributed by atoms with Crippen molar-refractivity contribution in [2.24, 2.45) is 12.5 Å². The van der Waals surface area contributed by atoms with Gasteiger partial charge in [0.2, 0.25) is 11.8 Å². The molecule has 27 heavy (non-hydrogen) atoms. The first-order valence-electron chi connectivity index (χ1n) is 9.81. The van der Waals surface area contributed by atoms with Gasteiger partial charge < -0.3 is 10.2 Å². The number of hydrogen-bond donors (Lipinski definition) is 2. The lowest BCUT2D eigenvalue weighted by Gasteiger charge is -2.49. The molecule has 4 heterocycles. The van der Waals surface area contributed by atoms with Crippen molar-refractivity contribution < 1.29 is 9.59 Å². The summed E-state index contributed by atoms with van der Waals surface area (Å²) in [5.41, 5.74) is 3.58. The van der Waals surface area contributed by atoms with Crippen LogP contribution in [0.5, 0.6) is 0 Å². The average molecular weight is 367 g/mol. The van der Waals surface area contributed by atoms with Crippen molar-refractivity contribution in [3.8, 4) is 0 Å². The van der Waals surface area contributed by atoms with Crippen LogP contribution in [0, 0.1) is 5.41 Å². The molecule has 3 aliphatic rings. The van der Waals surface area contributed by atoms with Crippen LogP contribution in [-0.4, -0.2) is 47.8 Å². The quantitative estimate of drug-likeness (QED) is 0.782. The summed E-state index contributed by atoms with van der Waals surface area (Å²) >= 11 is 0. The molecule has 1 atom stereocenters. The molecular formula is C20H25N5O2. The van der Waals surface area contributed by atoms with Crippen LogP contribution in [0.2, 0.25) is 0 Å². The molecule has 142 valence electrons. The normalized spacial score (nSPS) is 24.9. The van der Waals surface area contributed by atoms with Crippen molar-refractivity contribution in [1.29, 1.82) is 0 Å². The van der Waals surface area contributed by atoms with Gasteiger partial charge in [0.15, 0.2) is 0 Å². The number of amides is 2. The van der Waals surface area contributed by atoms with Gasteiger partial charge >= 0.3 is 0 Å². The molecule has 0 bridgehead atoms. The van der Waals surface area contributed by atoms with E-state index in [1.54, 1.807) is 0 Å². The van der Waals surface area contributed by atoms with E-state index in [9.17, 15) is 9.59 Å². The second-order valence-corrected chi connectivity index (χ2v) is 8.30. The fourth-order valence-electron chi connectivity index (χ4n) is 4.75. The Morgan fingerprint density at radius 3 is 2.63 bits per heavy atom. The van der Waals surface area contributed by atoms with E-state index in [4.69, 9.17) is 0 Å². The fourth-order valence-corrected chi connectivity index (χ4v) is 4.75. The highest BCUT2D eigenvalue weighted by Gasteiger charge is 2.39. The molecule has 7 nitrogen and oxygen atoms in total. The zero-order chi connectivity index (χ0) is 18.6. The Balaban J connectivity index is 1.42. The Hall–Kier alpha value is -2.41. The van der Waals surface area contributed by atoms with Crippen molar-refractivity contribution in [2.45, 2.75) is 31.6 Å². The highest BCUT2D eigenvalue weighted by molar-refractivity contribution is 6.02. The number of fused-ring (bicyclic) bond motifs is 1. The van der Waals surface area contributed by atoms with Gasteiger partial charge in [-0.2, -0.15) is 5.10 Å². The predicted molar refractivity (Wildman–Crippen MR) is 103 cm³/mol. The molecule has 1 aromatic carbocycles. The summed E-state index contributed by atoms with van der Waals surface area (Å²) in [5, 5.41) is 11.5. The molecule has 0 radical (unpaired) electrons. The lowest BCUT2D eigenvalue weighted by atomic mass is 9.73. The van der Waals surface area contributed by atoms with Crippen LogP contribution in [0.4, 0.5) is 5.69 Å². The van der Waals surface area contributed by atoms with Gasteiger partial charge in [0, 0.05) is 50.7 Å². The molecule has 1 spiro atoms. The minimum atomic E-state index is -0.349. The van der Waals surface area contributed by atoms with Gasteiger partial charge in [-0.25, -0.2) is 0 Å². The fraction of sp³-hybridized carbons (Fsp3) is 0.550. The lowest BCUT2D eigenvalue weighted by Crippen LogP contribution is -2.58. The zero-order valence-corrected chi connectivity index (χ0v) is 15.6. The van der Waals surface area contributed by atoms with E-state index in [0.717, 1.165) is 42.8 Å². The zero-order valence-electron chi connectivity index (χ0n) is 15.6. The maximum atomic E-state index is 12.3. The molecule has 5 rings (SSSR count). The number of aromatic nitrogens is 2. The molecule has 3 saturated heterocycles. The maximum Gasteiger partial charge on any atom is 0.235 e. The average Bonchev–Trinajstić information content (AvgIpc) is 2.97. The van der Waals surface area contributed by atoms with Gasteiger partial charge in [-0.3, -0.25) is 19.6 Å². The second kappa shape index (κ2) is 6.05. The highest BCUT2D eigenvalue weighted by Crippen LogP contribution is 2.38. The van der Waals surface area contributed by atoms with Gasteiger partial charge in [-0.05, 0) is 42.9 Å². The summed E-state index contributed by atoms with van der Waals surface area (Å²) in [6.45, 7) is 4.50. The maximum absolute atomic E-state index is 12.3. The Morgan fingerprint density at radius 2 is 1.96 bits per heavy atom. The summed E-state index contributed by atoms with van der Waals surface area (Å²) < 4.78 is 1.86.